The molecule has 0 radical (unpaired) electrons. The number of hydrogen-bond donors (Lipinski definition) is 3. The third-order valence-electron chi connectivity index (χ3n) is 4.98. The summed E-state index contributed by atoms with van der Waals surface area (Å²) in [6.45, 7) is 25.5. The Morgan fingerprint density at radius 2 is 1.55 bits per heavy atom. The normalized spacial score (nSPS) is 16.6. The maximum absolute atomic E-state index is 12.7. The van der Waals surface area contributed by atoms with Crippen LogP contribution in [-0.4, -0.2) is 62.8 Å². The lowest BCUT2D eigenvalue weighted by atomic mass is 10.1. The van der Waals surface area contributed by atoms with E-state index >= 15 is 0 Å². The minimum Gasteiger partial charge on any atom is -0.342 e. The van der Waals surface area contributed by atoms with Crippen molar-refractivity contribution in [3.63, 3.8) is 0 Å². The quantitative estimate of drug-likeness (QED) is 0.242. The van der Waals surface area contributed by atoms with E-state index in [1.807, 2.05) is 67.6 Å². The fourth-order valence-electron chi connectivity index (χ4n) is 2.94. The molecule has 5 amide bonds. The lowest BCUT2D eigenvalue weighted by Gasteiger charge is -2.26. The smallest absolute Gasteiger partial charge is 0.342 e. The molecule has 1 aliphatic heterocycles. The Labute approximate surface area is 245 Å². The van der Waals surface area contributed by atoms with Crippen LogP contribution < -0.4 is 15.4 Å². The van der Waals surface area contributed by atoms with E-state index in [2.05, 4.69) is 35.6 Å². The first-order chi connectivity index (χ1) is 19.1. The Morgan fingerprint density at radius 1 is 1.05 bits per heavy atom. The number of likely N-dealkylation sites (tertiary alicyclic amines) is 1. The average molecular weight is 592 g/mol. The van der Waals surface area contributed by atoms with Crippen LogP contribution in [0, 0.1) is 4.91 Å². The summed E-state index contributed by atoms with van der Waals surface area (Å²) in [6.07, 6.45) is 5.33. The fraction of sp³-hybridized carbons (Fsp3) is 0.786. The summed E-state index contributed by atoms with van der Waals surface area (Å²) in [5.41, 5.74) is 0. The molecule has 1 heterocycles. The molecule has 12 heteroatoms. The summed E-state index contributed by atoms with van der Waals surface area (Å²) in [7, 11) is -1.54. The van der Waals surface area contributed by atoms with Crippen molar-refractivity contribution in [1.82, 2.24) is 20.3 Å². The first-order valence-corrected chi connectivity index (χ1v) is 15.8. The van der Waals surface area contributed by atoms with E-state index in [9.17, 15) is 28.3 Å². The zero-order valence-corrected chi connectivity index (χ0v) is 27.7. The van der Waals surface area contributed by atoms with E-state index in [1.54, 1.807) is 0 Å². The highest BCUT2D eigenvalue weighted by atomic mass is 32.2. The molecule has 0 aromatic rings. The van der Waals surface area contributed by atoms with Gasteiger partial charge in [0.2, 0.25) is 11.8 Å². The molecule has 1 saturated carbocycles. The van der Waals surface area contributed by atoms with Gasteiger partial charge in [0.25, 0.3) is 5.91 Å². The summed E-state index contributed by atoms with van der Waals surface area (Å²) < 4.78 is 14.2. The molecule has 0 spiro atoms. The van der Waals surface area contributed by atoms with Crippen LogP contribution in [0.25, 0.3) is 0 Å². The number of nitrogens with one attached hydrogen (secondary N) is 3. The monoisotopic (exact) mass is 591 g/mol. The molecule has 40 heavy (non-hydrogen) atoms. The predicted molar refractivity (Wildman–Crippen MR) is 166 cm³/mol. The Morgan fingerprint density at radius 3 is 1.98 bits per heavy atom. The molecule has 3 N–H and O–H groups in total. The number of nitrogens with zero attached hydrogens (tertiary/aromatic N) is 2. The number of nitroso groups, excluding NO2 is 1. The minimum absolute atomic E-state index is 0.132. The summed E-state index contributed by atoms with van der Waals surface area (Å²) in [4.78, 5) is 59.6. The standard InChI is InChI=1S/C17H25N5O6S.C3H8.4C2H6/c1-3-5-11(14(24)21-29(28)17(2)7-8-17)19-15(25)12-6-4-9-22(12)13(23)10-18-16(26)20-27;1-3-2;4*1-2/h3,11-12H,1,4-10H2,2H3,(H,18,26)(H,19,25)(H,21,24);3H2,1-2H3;4*1-2H3. The van der Waals surface area contributed by atoms with E-state index < -0.39 is 58.1 Å². The van der Waals surface area contributed by atoms with Crippen LogP contribution in [0.3, 0.4) is 0 Å². The van der Waals surface area contributed by atoms with E-state index in [0.29, 0.717) is 19.4 Å². The second-order valence-electron chi connectivity index (χ2n) is 7.97. The highest BCUT2D eigenvalue weighted by molar-refractivity contribution is 7.85. The van der Waals surface area contributed by atoms with E-state index in [1.165, 1.54) is 17.4 Å². The van der Waals surface area contributed by atoms with Crippen molar-refractivity contribution >= 4 is 34.7 Å². The third-order valence-corrected chi connectivity index (χ3v) is 6.67. The summed E-state index contributed by atoms with van der Waals surface area (Å²) in [6, 6.07) is -2.95. The highest BCUT2D eigenvalue weighted by Gasteiger charge is 2.45. The molecule has 0 aromatic heterocycles. The number of urea groups is 1. The van der Waals surface area contributed by atoms with Crippen LogP contribution in [0.5, 0.6) is 0 Å². The molecular formula is C28H57N5O6S. The summed E-state index contributed by atoms with van der Waals surface area (Å²) >= 11 is 0. The van der Waals surface area contributed by atoms with Gasteiger partial charge in [0.15, 0.2) is 0 Å². The molecule has 2 fully saturated rings. The SMILES string of the molecule is C=CCC(NC(=O)C1CCCN1C(=O)CNC(=O)N=O)C(=O)NS(=O)C1(C)CC1.CC.CC.CC.CC.CCC. The Hall–Kier alpha value is -2.63. The van der Waals surface area contributed by atoms with E-state index in [0.717, 1.165) is 12.8 Å². The maximum Gasteiger partial charge on any atom is 0.379 e. The first-order valence-electron chi connectivity index (χ1n) is 14.7. The van der Waals surface area contributed by atoms with Gasteiger partial charge in [-0.1, -0.05) is 81.7 Å². The van der Waals surface area contributed by atoms with E-state index in [4.69, 9.17) is 0 Å². The van der Waals surface area contributed by atoms with Crippen LogP contribution in [-0.2, 0) is 25.4 Å². The first kappa shape index (κ1) is 44.4. The number of carbonyl (C=O) groups is 4. The fourth-order valence-corrected chi connectivity index (χ4v) is 3.98. The topological polar surface area (TPSA) is 154 Å². The molecule has 3 atom stereocenters. The van der Waals surface area contributed by atoms with Crippen LogP contribution >= 0.6 is 0 Å². The van der Waals surface area contributed by atoms with Gasteiger partial charge in [-0.3, -0.25) is 19.1 Å². The molecule has 0 aromatic carbocycles. The van der Waals surface area contributed by atoms with Crippen molar-refractivity contribution in [3.8, 4) is 0 Å². The van der Waals surface area contributed by atoms with Gasteiger partial charge in [0, 0.05) is 11.7 Å². The molecule has 2 rings (SSSR count). The third kappa shape index (κ3) is 17.9. The molecule has 1 aliphatic carbocycles. The Bertz CT molecular complexity index is 759. The van der Waals surface area contributed by atoms with Crippen molar-refractivity contribution in [1.29, 1.82) is 0 Å². The Kier molecular flexibility index (Phi) is 31.0. The van der Waals surface area contributed by atoms with Gasteiger partial charge >= 0.3 is 6.03 Å². The molecular weight excluding hydrogens is 534 g/mol. The van der Waals surface area contributed by atoms with Crippen LogP contribution in [0.4, 0.5) is 4.79 Å². The molecule has 236 valence electrons. The molecule has 2 aliphatic rings. The van der Waals surface area contributed by atoms with Gasteiger partial charge in [-0.2, -0.15) is 0 Å². The average Bonchev–Trinajstić information content (AvgIpc) is 3.55. The molecule has 3 unspecified atom stereocenters. The van der Waals surface area contributed by atoms with Crippen LogP contribution in [0.2, 0.25) is 0 Å². The predicted octanol–water partition coefficient (Wildman–Crippen LogP) is 5.37. The number of amides is 5. The highest BCUT2D eigenvalue weighted by Crippen LogP contribution is 2.40. The zero-order chi connectivity index (χ0) is 32.3. The van der Waals surface area contributed by atoms with Crippen molar-refractivity contribution < 1.29 is 23.4 Å². The van der Waals surface area contributed by atoms with Crippen molar-refractivity contribution in [3.05, 3.63) is 17.6 Å². The van der Waals surface area contributed by atoms with Gasteiger partial charge in [-0.15, -0.1) is 11.5 Å². The van der Waals surface area contributed by atoms with Gasteiger partial charge in [0.1, 0.15) is 23.1 Å². The van der Waals surface area contributed by atoms with Gasteiger partial charge in [0.05, 0.1) is 11.3 Å². The largest absolute Gasteiger partial charge is 0.379 e. The van der Waals surface area contributed by atoms with Gasteiger partial charge < -0.3 is 15.5 Å². The molecule has 11 nitrogen and oxygen atoms in total. The number of hydrogen-bond acceptors (Lipinski definition) is 6. The minimum atomic E-state index is -1.54. The molecule has 0 bridgehead atoms. The van der Waals surface area contributed by atoms with Crippen molar-refractivity contribution in [2.24, 2.45) is 5.18 Å². The number of carbonyl (C=O) groups excluding carboxylic acids is 4. The summed E-state index contributed by atoms with van der Waals surface area (Å²) in [5.74, 6) is -1.64. The molecule has 1 saturated heterocycles. The van der Waals surface area contributed by atoms with E-state index in [-0.39, 0.29) is 6.42 Å². The van der Waals surface area contributed by atoms with Crippen molar-refractivity contribution in [2.75, 3.05) is 13.1 Å². The zero-order valence-electron chi connectivity index (χ0n) is 26.8. The van der Waals surface area contributed by atoms with Gasteiger partial charge in [-0.25, -0.2) is 9.00 Å². The lowest BCUT2D eigenvalue weighted by Crippen LogP contribution is -2.54. The van der Waals surface area contributed by atoms with Crippen LogP contribution in [0.1, 0.15) is 115 Å². The summed E-state index contributed by atoms with van der Waals surface area (Å²) in [5, 5.41) is 6.77. The van der Waals surface area contributed by atoms with Gasteiger partial charge in [-0.05, 0) is 39.0 Å². The lowest BCUT2D eigenvalue weighted by molar-refractivity contribution is -0.138. The van der Waals surface area contributed by atoms with Crippen LogP contribution in [0.15, 0.2) is 17.8 Å². The number of rotatable bonds is 9. The maximum atomic E-state index is 12.7. The van der Waals surface area contributed by atoms with Crippen molar-refractivity contribution in [2.45, 2.75) is 132 Å². The Balaban J connectivity index is -0.000000520. The second kappa shape index (κ2) is 27.9. The second-order valence-corrected chi connectivity index (χ2v) is 9.70.